The van der Waals surface area contributed by atoms with Gasteiger partial charge in [-0.15, -0.1) is 0 Å². The van der Waals surface area contributed by atoms with Crippen molar-refractivity contribution in [3.63, 3.8) is 0 Å². The third kappa shape index (κ3) is 2.34. The zero-order chi connectivity index (χ0) is 17.0. The maximum Gasteiger partial charge on any atom is 0.483 e. The lowest BCUT2D eigenvalue weighted by Gasteiger charge is -2.40. The summed E-state index contributed by atoms with van der Waals surface area (Å²) in [5.41, 5.74) is -2.57. The van der Waals surface area contributed by atoms with Crippen molar-refractivity contribution in [1.82, 2.24) is 0 Å². The molecule has 0 saturated heterocycles. The third-order valence-corrected chi connectivity index (χ3v) is 2.84. The zero-order valence-electron chi connectivity index (χ0n) is 10.8. The second-order valence-corrected chi connectivity index (χ2v) is 5.08. The van der Waals surface area contributed by atoms with Crippen LogP contribution in [-0.4, -0.2) is 31.8 Å². The number of rotatable bonds is 2. The van der Waals surface area contributed by atoms with Crippen LogP contribution in [0.15, 0.2) is 0 Å². The largest absolute Gasteiger partial charge is 0.483 e. The normalized spacial score (nSPS) is 16.0. The van der Waals surface area contributed by atoms with Crippen molar-refractivity contribution in [2.75, 3.05) is 21.1 Å². The van der Waals surface area contributed by atoms with Crippen LogP contribution in [0.5, 0.6) is 0 Å². The molecule has 0 fully saturated rings. The molecule has 1 atom stereocenters. The average molecular weight is 326 g/mol. The van der Waals surface area contributed by atoms with Crippen LogP contribution < -0.4 is 0 Å². The molecular weight excluding hydrogens is 317 g/mol. The van der Waals surface area contributed by atoms with Crippen LogP contribution >= 0.6 is 0 Å². The van der Waals surface area contributed by atoms with Gasteiger partial charge in [-0.25, -0.2) is 22.0 Å². The van der Waals surface area contributed by atoms with Gasteiger partial charge in [0.25, 0.3) is 0 Å². The Hall–Kier alpha value is -1.45. The third-order valence-electron chi connectivity index (χ3n) is 2.84. The first-order valence-corrected chi connectivity index (χ1v) is 5.27. The van der Waals surface area contributed by atoms with Crippen molar-refractivity contribution in [2.24, 2.45) is 0 Å². The number of halogens is 9. The van der Waals surface area contributed by atoms with Crippen LogP contribution in [0.4, 0.5) is 39.5 Å². The molecule has 0 aliphatic rings. The van der Waals surface area contributed by atoms with Gasteiger partial charge in [0, 0.05) is 0 Å². The van der Waals surface area contributed by atoms with Crippen molar-refractivity contribution < 1.29 is 44.0 Å². The number of hydrogen-bond acceptors (Lipinski definition) is 0. The van der Waals surface area contributed by atoms with Gasteiger partial charge in [0.15, 0.2) is 23.3 Å². The monoisotopic (exact) mass is 326 g/mol. The Morgan fingerprint density at radius 2 is 0.905 bits per heavy atom. The number of quaternary nitrogens is 1. The maximum absolute atomic E-state index is 14.5. The molecule has 0 amide bonds. The van der Waals surface area contributed by atoms with Crippen molar-refractivity contribution in [3.05, 3.63) is 34.6 Å². The second kappa shape index (κ2) is 4.79. The van der Waals surface area contributed by atoms with Gasteiger partial charge in [-0.2, -0.15) is 17.6 Å². The molecule has 0 saturated carbocycles. The molecule has 10 heteroatoms. The Balaban J connectivity index is 3.96. The summed E-state index contributed by atoms with van der Waals surface area (Å²) >= 11 is 0. The highest BCUT2D eigenvalue weighted by molar-refractivity contribution is 5.29. The van der Waals surface area contributed by atoms with Gasteiger partial charge in [-0.1, -0.05) is 0 Å². The molecule has 0 bridgehead atoms. The first kappa shape index (κ1) is 17.6. The molecule has 0 aromatic heterocycles. The Bertz CT molecular complexity index is 528. The summed E-state index contributed by atoms with van der Waals surface area (Å²) in [5, 5.41) is 0. The summed E-state index contributed by atoms with van der Waals surface area (Å²) in [6, 6.07) is 0. The fraction of sp³-hybridized carbons (Fsp3) is 0.455. The van der Waals surface area contributed by atoms with Crippen LogP contribution in [0, 0.1) is 29.1 Å². The summed E-state index contributed by atoms with van der Waals surface area (Å²) in [6.45, 7) is 0. The SMILES string of the molecule is C[N+](C)(C)C(F)(c1c(F)c(F)c(F)c(F)c1F)C(F)(F)F. The standard InChI is InChI=1S/C11H9F9N/c1-21(2,3)10(17,11(18,19)20)4-5(12)7(14)9(16)8(15)6(4)13/h1-3H3/q+1. The van der Waals surface area contributed by atoms with Crippen molar-refractivity contribution in [1.29, 1.82) is 0 Å². The van der Waals surface area contributed by atoms with E-state index in [1.807, 2.05) is 0 Å². The van der Waals surface area contributed by atoms with Crippen molar-refractivity contribution >= 4 is 0 Å². The highest BCUT2D eigenvalue weighted by atomic mass is 19.4. The minimum atomic E-state index is -5.93. The molecule has 120 valence electrons. The van der Waals surface area contributed by atoms with Gasteiger partial charge in [0.05, 0.1) is 21.1 Å². The highest BCUT2D eigenvalue weighted by Gasteiger charge is 2.70. The van der Waals surface area contributed by atoms with Crippen LogP contribution in [-0.2, 0) is 5.79 Å². The number of benzene rings is 1. The predicted molar refractivity (Wildman–Crippen MR) is 53.1 cm³/mol. The summed E-state index contributed by atoms with van der Waals surface area (Å²) in [7, 11) is 1.68. The van der Waals surface area contributed by atoms with Crippen LogP contribution in [0.3, 0.4) is 0 Å². The molecule has 1 aromatic rings. The molecule has 0 heterocycles. The van der Waals surface area contributed by atoms with E-state index in [1.54, 1.807) is 0 Å². The summed E-state index contributed by atoms with van der Waals surface area (Å²) in [5.74, 6) is -18.5. The summed E-state index contributed by atoms with van der Waals surface area (Å²) in [6.07, 6.45) is -5.93. The van der Waals surface area contributed by atoms with E-state index in [-0.39, 0.29) is 0 Å². The molecule has 1 rings (SSSR count). The van der Waals surface area contributed by atoms with E-state index >= 15 is 0 Å². The van der Waals surface area contributed by atoms with E-state index in [4.69, 9.17) is 0 Å². The second-order valence-electron chi connectivity index (χ2n) is 5.08. The fourth-order valence-corrected chi connectivity index (χ4v) is 1.75. The van der Waals surface area contributed by atoms with Crippen LogP contribution in [0.2, 0.25) is 0 Å². The lowest BCUT2D eigenvalue weighted by molar-refractivity contribution is -0.966. The molecule has 1 aromatic carbocycles. The minimum Gasteiger partial charge on any atom is -0.287 e. The van der Waals surface area contributed by atoms with E-state index in [1.165, 1.54) is 0 Å². The van der Waals surface area contributed by atoms with Crippen molar-refractivity contribution in [3.8, 4) is 0 Å². The van der Waals surface area contributed by atoms with Gasteiger partial charge in [0.2, 0.25) is 5.82 Å². The Morgan fingerprint density at radius 3 is 1.14 bits per heavy atom. The topological polar surface area (TPSA) is 0 Å². The van der Waals surface area contributed by atoms with E-state index in [0.717, 1.165) is 0 Å². The van der Waals surface area contributed by atoms with E-state index in [0.29, 0.717) is 21.1 Å². The Morgan fingerprint density at radius 1 is 0.619 bits per heavy atom. The quantitative estimate of drug-likeness (QED) is 0.255. The lowest BCUT2D eigenvalue weighted by Crippen LogP contribution is -2.61. The Labute approximate surface area is 113 Å². The maximum atomic E-state index is 14.5. The number of hydrogen-bond donors (Lipinski definition) is 0. The average Bonchev–Trinajstić information content (AvgIpc) is 2.31. The minimum absolute atomic E-state index is 0.561. The smallest absolute Gasteiger partial charge is 0.287 e. The number of alkyl halides is 4. The summed E-state index contributed by atoms with van der Waals surface area (Å²) < 4.78 is 117. The summed E-state index contributed by atoms with van der Waals surface area (Å²) in [4.78, 5) is 0. The van der Waals surface area contributed by atoms with Crippen LogP contribution in [0.1, 0.15) is 5.56 Å². The van der Waals surface area contributed by atoms with Gasteiger partial charge < -0.3 is 0 Å². The molecule has 0 N–H and O–H groups in total. The van der Waals surface area contributed by atoms with Crippen molar-refractivity contribution in [2.45, 2.75) is 12.0 Å². The van der Waals surface area contributed by atoms with E-state index in [9.17, 15) is 39.5 Å². The molecule has 1 unspecified atom stereocenters. The zero-order valence-corrected chi connectivity index (χ0v) is 10.8. The molecule has 0 aliphatic heterocycles. The molecule has 1 nitrogen and oxygen atoms in total. The van der Waals surface area contributed by atoms with E-state index < -0.39 is 51.1 Å². The number of nitrogens with zero attached hydrogens (tertiary/aromatic N) is 1. The highest BCUT2D eigenvalue weighted by Crippen LogP contribution is 2.49. The molecular formula is C11H9F9N+. The first-order chi connectivity index (χ1) is 9.18. The first-order valence-electron chi connectivity index (χ1n) is 5.27. The van der Waals surface area contributed by atoms with Gasteiger partial charge in [0.1, 0.15) is 5.56 Å². The van der Waals surface area contributed by atoms with E-state index in [2.05, 4.69) is 0 Å². The Kier molecular flexibility index (Phi) is 4.01. The molecule has 21 heavy (non-hydrogen) atoms. The molecule has 0 spiro atoms. The molecule has 0 radical (unpaired) electrons. The van der Waals surface area contributed by atoms with Gasteiger partial charge >= 0.3 is 12.0 Å². The fourth-order valence-electron chi connectivity index (χ4n) is 1.75. The predicted octanol–water partition coefficient (Wildman–Crippen LogP) is 3.77. The molecule has 0 aliphatic carbocycles. The van der Waals surface area contributed by atoms with Crippen LogP contribution in [0.25, 0.3) is 0 Å². The lowest BCUT2D eigenvalue weighted by atomic mass is 9.98. The van der Waals surface area contributed by atoms with Gasteiger partial charge in [-0.3, -0.25) is 4.48 Å². The van der Waals surface area contributed by atoms with Gasteiger partial charge in [-0.05, 0) is 0 Å².